The topological polar surface area (TPSA) is 164 Å². The second kappa shape index (κ2) is 16.9. The van der Waals surface area contributed by atoms with Gasteiger partial charge in [0, 0.05) is 43.7 Å². The lowest BCUT2D eigenvalue weighted by molar-refractivity contribution is -0.00835. The van der Waals surface area contributed by atoms with E-state index >= 15 is 0 Å². The molecule has 3 aromatic carbocycles. The van der Waals surface area contributed by atoms with Crippen molar-refractivity contribution in [3.8, 4) is 5.75 Å². The van der Waals surface area contributed by atoms with Crippen LogP contribution in [-0.2, 0) is 14.8 Å². The molecule has 0 aliphatic carbocycles. The summed E-state index contributed by atoms with van der Waals surface area (Å²) in [5.74, 6) is -0.219. The molecule has 3 amide bonds. The van der Waals surface area contributed by atoms with Crippen LogP contribution in [0.2, 0.25) is 0 Å². The maximum absolute atomic E-state index is 14.5. The molecule has 4 aromatic rings. The lowest BCUT2D eigenvalue weighted by Crippen LogP contribution is -2.48. The number of carbonyl (C=O) groups excluding carboxylic acids is 2. The van der Waals surface area contributed by atoms with Crippen LogP contribution < -0.4 is 15.4 Å². The summed E-state index contributed by atoms with van der Waals surface area (Å²) in [5, 5.41) is 21.7. The molecular formula is C38H49N5O8S. The molecule has 0 bridgehead atoms. The number of carbonyl (C=O) groups is 2. The minimum absolute atomic E-state index is 0.0130. The Labute approximate surface area is 305 Å². The molecule has 14 heteroatoms. The van der Waals surface area contributed by atoms with E-state index in [9.17, 15) is 23.1 Å². The monoisotopic (exact) mass is 735 g/mol. The number of aryl methyl sites for hydroxylation is 2. The number of amides is 3. The maximum Gasteiger partial charge on any atom is 0.323 e. The summed E-state index contributed by atoms with van der Waals surface area (Å²) in [4.78, 5) is 29.3. The normalized spacial score (nSPS) is 19.8. The van der Waals surface area contributed by atoms with Crippen LogP contribution in [0.25, 0.3) is 10.8 Å². The van der Waals surface area contributed by atoms with Crippen molar-refractivity contribution in [1.29, 1.82) is 0 Å². The number of rotatable bonds is 8. The number of aromatic nitrogens is 1. The second-order valence-electron chi connectivity index (χ2n) is 13.6. The van der Waals surface area contributed by atoms with Crippen molar-refractivity contribution in [2.45, 2.75) is 77.0 Å². The number of fused-ring (bicyclic) bond motifs is 2. The molecular weight excluding hydrogens is 687 g/mol. The van der Waals surface area contributed by atoms with Gasteiger partial charge in [-0.05, 0) is 76.6 Å². The van der Waals surface area contributed by atoms with Crippen LogP contribution >= 0.6 is 0 Å². The predicted octanol–water partition coefficient (Wildman–Crippen LogP) is 6.20. The number of likely N-dealkylation sites (N-methyl/N-ethyl adjacent to an activating group) is 1. The number of ether oxygens (including phenoxy) is 2. The molecule has 3 N–H and O–H groups in total. The summed E-state index contributed by atoms with van der Waals surface area (Å²) >= 11 is 0. The van der Waals surface area contributed by atoms with Gasteiger partial charge in [0.2, 0.25) is 10.0 Å². The Hall–Kier alpha value is -4.50. The largest absolute Gasteiger partial charge is 0.490 e. The van der Waals surface area contributed by atoms with Crippen LogP contribution in [0.3, 0.4) is 0 Å². The van der Waals surface area contributed by atoms with Gasteiger partial charge in [0.15, 0.2) is 5.76 Å². The van der Waals surface area contributed by atoms with E-state index in [-0.39, 0.29) is 53.6 Å². The van der Waals surface area contributed by atoms with Crippen molar-refractivity contribution < 1.29 is 37.1 Å². The van der Waals surface area contributed by atoms with Crippen LogP contribution in [0.15, 0.2) is 70.1 Å². The van der Waals surface area contributed by atoms with Crippen molar-refractivity contribution in [3.63, 3.8) is 0 Å². The molecule has 5 rings (SSSR count). The Morgan fingerprint density at radius 1 is 1.08 bits per heavy atom. The molecule has 2 heterocycles. The third-order valence-corrected chi connectivity index (χ3v) is 11.5. The average Bonchev–Trinajstić information content (AvgIpc) is 3.47. The minimum Gasteiger partial charge on any atom is -0.490 e. The molecule has 4 atom stereocenters. The first-order chi connectivity index (χ1) is 24.8. The average molecular weight is 736 g/mol. The van der Waals surface area contributed by atoms with E-state index in [4.69, 9.17) is 14.0 Å². The van der Waals surface area contributed by atoms with Gasteiger partial charge in [-0.3, -0.25) is 4.79 Å². The van der Waals surface area contributed by atoms with Gasteiger partial charge in [0.1, 0.15) is 16.3 Å². The molecule has 0 saturated carbocycles. The summed E-state index contributed by atoms with van der Waals surface area (Å²) in [6.07, 6.45) is 1.34. The van der Waals surface area contributed by atoms with Gasteiger partial charge in [-0.1, -0.05) is 48.5 Å². The van der Waals surface area contributed by atoms with E-state index in [0.29, 0.717) is 36.6 Å². The van der Waals surface area contributed by atoms with Crippen LogP contribution in [0.5, 0.6) is 5.75 Å². The van der Waals surface area contributed by atoms with Gasteiger partial charge < -0.3 is 34.6 Å². The molecule has 0 spiro atoms. The van der Waals surface area contributed by atoms with E-state index in [0.717, 1.165) is 17.2 Å². The number of hydrogen-bond acceptors (Lipinski definition) is 9. The zero-order valence-corrected chi connectivity index (χ0v) is 31.4. The first-order valence-corrected chi connectivity index (χ1v) is 19.0. The molecule has 0 saturated heterocycles. The van der Waals surface area contributed by atoms with Crippen LogP contribution in [-0.4, -0.2) is 91.4 Å². The molecule has 52 heavy (non-hydrogen) atoms. The number of aliphatic hydroxyl groups is 1. The molecule has 1 aliphatic rings. The summed E-state index contributed by atoms with van der Waals surface area (Å²) < 4.78 is 46.2. The van der Waals surface area contributed by atoms with Crippen LogP contribution in [0.1, 0.15) is 61.8 Å². The summed E-state index contributed by atoms with van der Waals surface area (Å²) in [6, 6.07) is 17.2. The summed E-state index contributed by atoms with van der Waals surface area (Å²) in [7, 11) is -2.47. The highest BCUT2D eigenvalue weighted by molar-refractivity contribution is 7.89. The highest BCUT2D eigenvalue weighted by Gasteiger charge is 2.34. The highest BCUT2D eigenvalue weighted by Crippen LogP contribution is 2.30. The second-order valence-corrected chi connectivity index (χ2v) is 15.5. The fraction of sp³-hybridized carbons (Fsp3) is 0.447. The zero-order chi connectivity index (χ0) is 37.6. The number of anilines is 2. The predicted molar refractivity (Wildman–Crippen MR) is 199 cm³/mol. The third-order valence-electron chi connectivity index (χ3n) is 9.42. The van der Waals surface area contributed by atoms with Crippen molar-refractivity contribution in [2.24, 2.45) is 5.92 Å². The zero-order valence-electron chi connectivity index (χ0n) is 30.6. The van der Waals surface area contributed by atoms with E-state index < -0.39 is 34.1 Å². The Morgan fingerprint density at radius 2 is 1.83 bits per heavy atom. The molecule has 0 fully saturated rings. The van der Waals surface area contributed by atoms with Gasteiger partial charge in [0.05, 0.1) is 36.1 Å². The first kappa shape index (κ1) is 38.7. The lowest BCUT2D eigenvalue weighted by Gasteiger charge is -2.35. The van der Waals surface area contributed by atoms with Gasteiger partial charge >= 0.3 is 6.03 Å². The molecule has 1 aliphatic heterocycles. The van der Waals surface area contributed by atoms with Crippen molar-refractivity contribution in [2.75, 3.05) is 44.0 Å². The Morgan fingerprint density at radius 3 is 2.56 bits per heavy atom. The van der Waals surface area contributed by atoms with Crippen LogP contribution in [0.4, 0.5) is 16.2 Å². The molecule has 1 aromatic heterocycles. The Kier molecular flexibility index (Phi) is 12.6. The number of hydrogen-bond donors (Lipinski definition) is 3. The van der Waals surface area contributed by atoms with Crippen molar-refractivity contribution in [1.82, 2.24) is 14.4 Å². The number of nitrogens with one attached hydrogen (secondary N) is 2. The maximum atomic E-state index is 14.5. The van der Waals surface area contributed by atoms with Gasteiger partial charge in [0.25, 0.3) is 5.91 Å². The van der Waals surface area contributed by atoms with Crippen molar-refractivity contribution in [3.05, 3.63) is 77.7 Å². The highest BCUT2D eigenvalue weighted by atomic mass is 32.2. The first-order valence-electron chi connectivity index (χ1n) is 17.6. The lowest BCUT2D eigenvalue weighted by atomic mass is 10.0. The van der Waals surface area contributed by atoms with E-state index in [1.807, 2.05) is 56.3 Å². The number of nitrogens with zero attached hydrogens (tertiary/aromatic N) is 3. The summed E-state index contributed by atoms with van der Waals surface area (Å²) in [6.45, 7) is 8.92. The summed E-state index contributed by atoms with van der Waals surface area (Å²) in [5.41, 5.74) is 1.50. The fourth-order valence-corrected chi connectivity index (χ4v) is 7.90. The number of urea groups is 1. The standard InChI is InChI=1S/C38H49N5O8S/c1-24-21-43(25(2)23-44)37(45)32-20-30(39-38(46)40-33-16-11-14-29-13-7-8-15-31(29)33)17-18-34(32)50-26(3)12-9-10-19-49-35(24)22-42(6)52(47,48)36-27(4)41-51-28(36)5/h7-8,11,13-18,20,24-26,35,44H,9-10,12,19,21-23H2,1-6H3,(H2,39,40,46)/t24-,25+,26+,35+/m0/s1. The van der Waals surface area contributed by atoms with Gasteiger partial charge in [-0.2, -0.15) is 4.31 Å². The van der Waals surface area contributed by atoms with E-state index in [1.54, 1.807) is 43.9 Å². The number of aliphatic hydroxyl groups excluding tert-OH is 1. The van der Waals surface area contributed by atoms with Gasteiger partial charge in [-0.25, -0.2) is 13.2 Å². The Balaban J connectivity index is 1.42. The quantitative estimate of drug-likeness (QED) is 0.191. The van der Waals surface area contributed by atoms with E-state index in [2.05, 4.69) is 15.8 Å². The molecule has 280 valence electrons. The minimum atomic E-state index is -3.96. The number of benzene rings is 3. The van der Waals surface area contributed by atoms with Crippen LogP contribution in [0, 0.1) is 19.8 Å². The molecule has 0 radical (unpaired) electrons. The molecule has 0 unspecified atom stereocenters. The Bertz CT molecular complexity index is 1960. The van der Waals surface area contributed by atoms with Crippen molar-refractivity contribution >= 4 is 44.1 Å². The fourth-order valence-electron chi connectivity index (χ4n) is 6.43. The van der Waals surface area contributed by atoms with Gasteiger partial charge in [-0.15, -0.1) is 0 Å². The SMILES string of the molecule is Cc1noc(C)c1S(=O)(=O)N(C)C[C@H]1OCCCC[C@@H](C)Oc2ccc(NC(=O)Nc3cccc4ccccc34)cc2C(=O)N([C@H](C)CO)C[C@@H]1C. The number of sulfonamides is 1. The molecule has 13 nitrogen and oxygen atoms in total. The van der Waals surface area contributed by atoms with E-state index in [1.165, 1.54) is 11.4 Å². The smallest absolute Gasteiger partial charge is 0.323 e. The third kappa shape index (κ3) is 8.92.